The van der Waals surface area contributed by atoms with Gasteiger partial charge in [0.15, 0.2) is 0 Å². The number of phenols is 1. The van der Waals surface area contributed by atoms with E-state index in [4.69, 9.17) is 5.73 Å². The van der Waals surface area contributed by atoms with E-state index in [0.717, 1.165) is 24.8 Å². The zero-order valence-corrected chi connectivity index (χ0v) is 10.6. The number of nitrogens with two attached hydrogens (primary N) is 1. The number of phenolic OH excluding ortho intramolecular Hbond substituents is 1. The van der Waals surface area contributed by atoms with E-state index in [1.165, 1.54) is 5.56 Å². The summed E-state index contributed by atoms with van der Waals surface area (Å²) < 4.78 is 0. The van der Waals surface area contributed by atoms with Crippen LogP contribution in [0.3, 0.4) is 0 Å². The van der Waals surface area contributed by atoms with Crippen molar-refractivity contribution in [2.75, 3.05) is 6.54 Å². The number of hydrogen-bond acceptors (Lipinski definition) is 2. The molecule has 0 heterocycles. The molecule has 0 spiro atoms. The molecule has 1 rings (SSSR count). The van der Waals surface area contributed by atoms with Crippen LogP contribution in [-0.2, 0) is 11.8 Å². The fourth-order valence-corrected chi connectivity index (χ4v) is 1.70. The van der Waals surface area contributed by atoms with E-state index in [-0.39, 0.29) is 5.41 Å². The van der Waals surface area contributed by atoms with Crippen LogP contribution in [0.25, 0.3) is 0 Å². The second-order valence-corrected chi connectivity index (χ2v) is 4.97. The third-order valence-corrected chi connectivity index (χ3v) is 3.40. The van der Waals surface area contributed by atoms with Gasteiger partial charge >= 0.3 is 0 Å². The van der Waals surface area contributed by atoms with Crippen molar-refractivity contribution in [3.05, 3.63) is 29.3 Å². The molecule has 1 aromatic carbocycles. The van der Waals surface area contributed by atoms with Crippen LogP contribution < -0.4 is 5.73 Å². The Bertz CT molecular complexity index is 345. The Morgan fingerprint density at radius 1 is 1.31 bits per heavy atom. The lowest BCUT2D eigenvalue weighted by Crippen LogP contribution is -2.15. The van der Waals surface area contributed by atoms with Gasteiger partial charge in [0.2, 0.25) is 0 Å². The van der Waals surface area contributed by atoms with Gasteiger partial charge in [-0.25, -0.2) is 0 Å². The largest absolute Gasteiger partial charge is 0.508 e. The van der Waals surface area contributed by atoms with Crippen LogP contribution >= 0.6 is 0 Å². The molecular formula is C14H23NO. The minimum absolute atomic E-state index is 0.172. The average molecular weight is 221 g/mol. The molecule has 0 bridgehead atoms. The molecule has 0 unspecified atom stereocenters. The van der Waals surface area contributed by atoms with Crippen molar-refractivity contribution in [1.82, 2.24) is 0 Å². The van der Waals surface area contributed by atoms with Crippen molar-refractivity contribution in [1.29, 1.82) is 0 Å². The van der Waals surface area contributed by atoms with Gasteiger partial charge in [-0.2, -0.15) is 0 Å². The van der Waals surface area contributed by atoms with Crippen LogP contribution in [-0.4, -0.2) is 11.7 Å². The molecular weight excluding hydrogens is 198 g/mol. The maximum atomic E-state index is 9.76. The number of aryl methyl sites for hydroxylation is 1. The van der Waals surface area contributed by atoms with Crippen LogP contribution in [0.4, 0.5) is 0 Å². The molecule has 1 aromatic rings. The third kappa shape index (κ3) is 2.99. The van der Waals surface area contributed by atoms with Crippen LogP contribution in [0.1, 0.15) is 44.7 Å². The summed E-state index contributed by atoms with van der Waals surface area (Å²) in [5, 5.41) is 9.76. The maximum absolute atomic E-state index is 9.76. The first-order valence-electron chi connectivity index (χ1n) is 6.03. The smallest absolute Gasteiger partial charge is 0.118 e. The predicted octanol–water partition coefficient (Wildman–Crippen LogP) is 2.97. The second-order valence-electron chi connectivity index (χ2n) is 4.97. The summed E-state index contributed by atoms with van der Waals surface area (Å²) in [4.78, 5) is 0. The van der Waals surface area contributed by atoms with Crippen LogP contribution in [0, 0.1) is 0 Å². The predicted molar refractivity (Wildman–Crippen MR) is 68.8 cm³/mol. The highest BCUT2D eigenvalue weighted by atomic mass is 16.3. The molecule has 2 nitrogen and oxygen atoms in total. The van der Waals surface area contributed by atoms with E-state index in [2.05, 4.69) is 26.8 Å². The van der Waals surface area contributed by atoms with Crippen molar-refractivity contribution in [3.8, 4) is 5.75 Å². The zero-order valence-electron chi connectivity index (χ0n) is 10.6. The summed E-state index contributed by atoms with van der Waals surface area (Å²) in [6, 6.07) is 5.94. The van der Waals surface area contributed by atoms with E-state index in [1.807, 2.05) is 6.07 Å². The Morgan fingerprint density at radius 2 is 2.00 bits per heavy atom. The summed E-state index contributed by atoms with van der Waals surface area (Å²) >= 11 is 0. The number of aromatic hydroxyl groups is 1. The lowest BCUT2D eigenvalue weighted by Gasteiger charge is -2.24. The number of benzene rings is 1. The topological polar surface area (TPSA) is 46.2 Å². The van der Waals surface area contributed by atoms with Crippen molar-refractivity contribution in [3.63, 3.8) is 0 Å². The average Bonchev–Trinajstić information content (AvgIpc) is 2.27. The van der Waals surface area contributed by atoms with Crippen molar-refractivity contribution in [2.45, 2.75) is 45.4 Å². The van der Waals surface area contributed by atoms with Gasteiger partial charge in [0, 0.05) is 0 Å². The fourth-order valence-electron chi connectivity index (χ4n) is 1.70. The molecule has 0 atom stereocenters. The lowest BCUT2D eigenvalue weighted by molar-refractivity contribution is 0.463. The molecule has 0 fully saturated rings. The Kier molecular flexibility index (Phi) is 4.36. The first-order chi connectivity index (χ1) is 7.51. The second kappa shape index (κ2) is 5.35. The minimum atomic E-state index is 0.172. The maximum Gasteiger partial charge on any atom is 0.118 e. The van der Waals surface area contributed by atoms with Gasteiger partial charge in [0.25, 0.3) is 0 Å². The monoisotopic (exact) mass is 221 g/mol. The van der Waals surface area contributed by atoms with Crippen LogP contribution in [0.2, 0.25) is 0 Å². The van der Waals surface area contributed by atoms with Crippen LogP contribution in [0.15, 0.2) is 18.2 Å². The van der Waals surface area contributed by atoms with Gasteiger partial charge < -0.3 is 10.8 Å². The molecule has 0 aromatic heterocycles. The Labute approximate surface area is 98.5 Å². The summed E-state index contributed by atoms with van der Waals surface area (Å²) in [5.41, 5.74) is 7.98. The first kappa shape index (κ1) is 13.0. The third-order valence-electron chi connectivity index (χ3n) is 3.40. The lowest BCUT2D eigenvalue weighted by atomic mass is 9.81. The van der Waals surface area contributed by atoms with E-state index < -0.39 is 0 Å². The summed E-state index contributed by atoms with van der Waals surface area (Å²) in [6.45, 7) is 7.31. The molecule has 16 heavy (non-hydrogen) atoms. The molecule has 2 heteroatoms. The SMILES string of the molecule is CCC(C)(C)c1ccc(O)c(CCCN)c1. The number of hydrogen-bond donors (Lipinski definition) is 2. The Morgan fingerprint density at radius 3 is 2.56 bits per heavy atom. The van der Waals surface area contributed by atoms with Gasteiger partial charge in [-0.15, -0.1) is 0 Å². The summed E-state index contributed by atoms with van der Waals surface area (Å²) in [5.74, 6) is 0.393. The highest BCUT2D eigenvalue weighted by Crippen LogP contribution is 2.30. The Hall–Kier alpha value is -1.02. The van der Waals surface area contributed by atoms with Crippen molar-refractivity contribution >= 4 is 0 Å². The van der Waals surface area contributed by atoms with Gasteiger partial charge in [-0.3, -0.25) is 0 Å². The quantitative estimate of drug-likeness (QED) is 0.803. The fraction of sp³-hybridized carbons (Fsp3) is 0.571. The number of rotatable bonds is 5. The van der Waals surface area contributed by atoms with E-state index in [1.54, 1.807) is 6.07 Å². The highest BCUT2D eigenvalue weighted by Gasteiger charge is 2.18. The minimum Gasteiger partial charge on any atom is -0.508 e. The van der Waals surface area contributed by atoms with Crippen molar-refractivity contribution in [2.24, 2.45) is 5.73 Å². The molecule has 0 radical (unpaired) electrons. The summed E-state index contributed by atoms with van der Waals surface area (Å²) in [6.07, 6.45) is 2.87. The normalized spacial score (nSPS) is 11.8. The highest BCUT2D eigenvalue weighted by molar-refractivity contribution is 5.39. The molecule has 0 amide bonds. The van der Waals surface area contributed by atoms with Gasteiger partial charge in [-0.05, 0) is 48.4 Å². The van der Waals surface area contributed by atoms with E-state index in [9.17, 15) is 5.11 Å². The molecule has 0 aliphatic rings. The molecule has 0 saturated carbocycles. The van der Waals surface area contributed by atoms with Crippen LogP contribution in [0.5, 0.6) is 5.75 Å². The van der Waals surface area contributed by atoms with Crippen molar-refractivity contribution < 1.29 is 5.11 Å². The molecule has 3 N–H and O–H groups in total. The first-order valence-corrected chi connectivity index (χ1v) is 6.03. The molecule has 90 valence electrons. The Balaban J connectivity index is 2.97. The zero-order chi connectivity index (χ0) is 12.2. The summed E-state index contributed by atoms with van der Waals surface area (Å²) in [7, 11) is 0. The standard InChI is InChI=1S/C14H23NO/c1-4-14(2,3)12-7-8-13(16)11(10-12)6-5-9-15/h7-8,10,16H,4-6,9,15H2,1-3H3. The molecule has 0 aliphatic heterocycles. The van der Waals surface area contributed by atoms with Gasteiger partial charge in [0.05, 0.1) is 0 Å². The van der Waals surface area contributed by atoms with Gasteiger partial charge in [0.1, 0.15) is 5.75 Å². The van der Waals surface area contributed by atoms with E-state index >= 15 is 0 Å². The van der Waals surface area contributed by atoms with Gasteiger partial charge in [-0.1, -0.05) is 32.9 Å². The van der Waals surface area contributed by atoms with E-state index in [0.29, 0.717) is 12.3 Å². The molecule has 0 aliphatic carbocycles. The molecule has 0 saturated heterocycles.